The molecule has 1 heterocycles. The molecule has 178 valence electrons. The Morgan fingerprint density at radius 3 is 2.41 bits per heavy atom. The van der Waals surface area contributed by atoms with Crippen LogP contribution in [0.4, 0.5) is 5.13 Å². The number of hydrogen-bond acceptors (Lipinski definition) is 6. The number of carbonyl (C=O) groups is 1. The van der Waals surface area contributed by atoms with Gasteiger partial charge in [-0.3, -0.25) is 9.69 Å². The minimum absolute atomic E-state index is 0. The van der Waals surface area contributed by atoms with Gasteiger partial charge in [-0.1, -0.05) is 41.7 Å². The maximum atomic E-state index is 13.7. The third-order valence-corrected chi connectivity index (χ3v) is 6.43. The molecule has 6 nitrogen and oxygen atoms in total. The number of thiazole rings is 1. The van der Waals surface area contributed by atoms with Crippen LogP contribution in [-0.2, 0) is 0 Å². The molecule has 34 heavy (non-hydrogen) atoms. The molecule has 1 aromatic heterocycles. The Labute approximate surface area is 210 Å². The highest BCUT2D eigenvalue weighted by molar-refractivity contribution is 7.22. The van der Waals surface area contributed by atoms with E-state index in [1.807, 2.05) is 86.6 Å². The van der Waals surface area contributed by atoms with E-state index in [9.17, 15) is 4.79 Å². The van der Waals surface area contributed by atoms with E-state index in [4.69, 9.17) is 14.5 Å². The monoisotopic (exact) mass is 497 g/mol. The lowest BCUT2D eigenvalue weighted by Crippen LogP contribution is -2.36. The molecule has 0 bridgehead atoms. The third kappa shape index (κ3) is 5.67. The van der Waals surface area contributed by atoms with E-state index >= 15 is 0 Å². The van der Waals surface area contributed by atoms with Gasteiger partial charge in [-0.15, -0.1) is 12.4 Å². The van der Waals surface area contributed by atoms with Crippen molar-refractivity contribution in [2.75, 3.05) is 39.2 Å². The number of amides is 1. The first kappa shape index (κ1) is 25.5. The topological polar surface area (TPSA) is 54.9 Å². The summed E-state index contributed by atoms with van der Waals surface area (Å²) in [6.45, 7) is 3.26. The van der Waals surface area contributed by atoms with Crippen molar-refractivity contribution in [1.82, 2.24) is 9.88 Å². The number of anilines is 1. The third-order valence-electron chi connectivity index (χ3n) is 5.22. The number of methoxy groups -OCH3 is 1. The van der Waals surface area contributed by atoms with Gasteiger partial charge >= 0.3 is 0 Å². The second kappa shape index (κ2) is 11.3. The minimum atomic E-state index is -0.119. The van der Waals surface area contributed by atoms with Crippen molar-refractivity contribution in [2.45, 2.75) is 6.92 Å². The number of nitrogens with zero attached hydrogens (tertiary/aromatic N) is 3. The maximum absolute atomic E-state index is 13.7. The fraction of sp³-hybridized carbons (Fsp3) is 0.231. The highest BCUT2D eigenvalue weighted by Gasteiger charge is 2.23. The van der Waals surface area contributed by atoms with E-state index in [1.54, 1.807) is 18.1 Å². The zero-order chi connectivity index (χ0) is 23.4. The molecule has 0 aliphatic heterocycles. The summed E-state index contributed by atoms with van der Waals surface area (Å²) in [6, 6.07) is 20.7. The first-order valence-corrected chi connectivity index (χ1v) is 11.5. The smallest absolute Gasteiger partial charge is 0.260 e. The van der Waals surface area contributed by atoms with Crippen molar-refractivity contribution < 1.29 is 14.3 Å². The number of aryl methyl sites for hydroxylation is 1. The lowest BCUT2D eigenvalue weighted by Gasteiger charge is -2.22. The number of benzene rings is 3. The largest absolute Gasteiger partial charge is 0.494 e. The van der Waals surface area contributed by atoms with Crippen LogP contribution in [0.15, 0.2) is 66.7 Å². The summed E-state index contributed by atoms with van der Waals surface area (Å²) in [7, 11) is 5.61. The average Bonchev–Trinajstić information content (AvgIpc) is 3.26. The molecule has 4 aromatic rings. The Kier molecular flexibility index (Phi) is 8.50. The summed E-state index contributed by atoms with van der Waals surface area (Å²) in [5.41, 5.74) is 2.43. The number of hydrogen-bond donors (Lipinski definition) is 0. The van der Waals surface area contributed by atoms with Crippen LogP contribution in [0.3, 0.4) is 0 Å². The van der Waals surface area contributed by atoms with Gasteiger partial charge in [0.15, 0.2) is 5.13 Å². The highest BCUT2D eigenvalue weighted by Crippen LogP contribution is 2.37. The summed E-state index contributed by atoms with van der Waals surface area (Å²) < 4.78 is 12.5. The SMILES string of the molecule is COc1ccc(C)c2sc(N(CCN(C)C)C(=O)c3cccc(Oc4ccccc4)c3)nc12.Cl. The van der Waals surface area contributed by atoms with Gasteiger partial charge in [0.2, 0.25) is 0 Å². The fourth-order valence-corrected chi connectivity index (χ4v) is 4.51. The van der Waals surface area contributed by atoms with Crippen molar-refractivity contribution in [3.05, 3.63) is 77.9 Å². The number of fused-ring (bicyclic) bond motifs is 1. The second-order valence-electron chi connectivity index (χ2n) is 7.96. The second-order valence-corrected chi connectivity index (χ2v) is 8.94. The molecule has 0 aliphatic rings. The Morgan fingerprint density at radius 2 is 1.71 bits per heavy atom. The number of halogens is 1. The van der Waals surface area contributed by atoms with Crippen LogP contribution in [0, 0.1) is 6.92 Å². The summed E-state index contributed by atoms with van der Waals surface area (Å²) >= 11 is 1.51. The molecule has 0 radical (unpaired) electrons. The highest BCUT2D eigenvalue weighted by atomic mass is 35.5. The lowest BCUT2D eigenvalue weighted by atomic mass is 10.2. The fourth-order valence-electron chi connectivity index (χ4n) is 3.44. The van der Waals surface area contributed by atoms with Crippen LogP contribution < -0.4 is 14.4 Å². The molecular formula is C26H28ClN3O3S. The van der Waals surface area contributed by atoms with Crippen LogP contribution >= 0.6 is 23.7 Å². The summed E-state index contributed by atoms with van der Waals surface area (Å²) in [5, 5.41) is 0.652. The van der Waals surface area contributed by atoms with Crippen LogP contribution in [-0.4, -0.2) is 50.1 Å². The normalized spacial score (nSPS) is 10.7. The zero-order valence-electron chi connectivity index (χ0n) is 19.6. The molecule has 0 N–H and O–H groups in total. The van der Waals surface area contributed by atoms with Crippen molar-refractivity contribution >= 4 is 45.0 Å². The number of rotatable bonds is 8. The first-order valence-electron chi connectivity index (χ1n) is 10.7. The molecule has 3 aromatic carbocycles. The first-order chi connectivity index (χ1) is 16.0. The van der Waals surface area contributed by atoms with Gasteiger partial charge in [0, 0.05) is 18.7 Å². The van der Waals surface area contributed by atoms with Crippen molar-refractivity contribution in [1.29, 1.82) is 0 Å². The van der Waals surface area contributed by atoms with Gasteiger partial charge in [0.1, 0.15) is 22.8 Å². The predicted molar refractivity (Wildman–Crippen MR) is 141 cm³/mol. The van der Waals surface area contributed by atoms with E-state index in [0.717, 1.165) is 21.5 Å². The number of ether oxygens (including phenoxy) is 2. The Hall–Kier alpha value is -3.13. The molecule has 8 heteroatoms. The van der Waals surface area contributed by atoms with E-state index in [-0.39, 0.29) is 18.3 Å². The predicted octanol–water partition coefficient (Wildman–Crippen LogP) is 6.04. The summed E-state index contributed by atoms with van der Waals surface area (Å²) in [4.78, 5) is 22.3. The summed E-state index contributed by atoms with van der Waals surface area (Å²) in [5.74, 6) is 1.92. The average molecular weight is 498 g/mol. The van der Waals surface area contributed by atoms with Crippen molar-refractivity contribution in [3.63, 3.8) is 0 Å². The molecule has 0 aliphatic carbocycles. The quantitative estimate of drug-likeness (QED) is 0.297. The van der Waals surface area contributed by atoms with Crippen LogP contribution in [0.1, 0.15) is 15.9 Å². The van der Waals surface area contributed by atoms with E-state index < -0.39 is 0 Å². The molecule has 0 unspecified atom stereocenters. The number of para-hydroxylation sites is 1. The van der Waals surface area contributed by atoms with E-state index in [2.05, 4.69) is 0 Å². The number of carbonyl (C=O) groups excluding carboxylic acids is 1. The number of likely N-dealkylation sites (N-methyl/N-ethyl adjacent to an activating group) is 1. The van der Waals surface area contributed by atoms with Gasteiger partial charge in [-0.2, -0.15) is 0 Å². The molecule has 4 rings (SSSR count). The van der Waals surface area contributed by atoms with Gasteiger partial charge in [-0.05, 0) is 63.0 Å². The standard InChI is InChI=1S/C26H27N3O3S.ClH/c1-18-13-14-22(31-4)23-24(18)33-26(27-23)29(16-15-28(2)3)25(30)19-9-8-12-21(17-19)32-20-10-6-5-7-11-20;/h5-14,17H,15-16H2,1-4H3;1H. The Bertz CT molecular complexity index is 1260. The molecule has 1 amide bonds. The zero-order valence-corrected chi connectivity index (χ0v) is 21.3. The summed E-state index contributed by atoms with van der Waals surface area (Å²) in [6.07, 6.45) is 0. The Morgan fingerprint density at radius 1 is 0.971 bits per heavy atom. The van der Waals surface area contributed by atoms with Crippen molar-refractivity contribution in [2.24, 2.45) is 0 Å². The molecule has 0 saturated carbocycles. The van der Waals surface area contributed by atoms with Crippen molar-refractivity contribution in [3.8, 4) is 17.2 Å². The minimum Gasteiger partial charge on any atom is -0.494 e. The molecule has 0 saturated heterocycles. The Balaban J connectivity index is 0.00000324. The number of aromatic nitrogens is 1. The lowest BCUT2D eigenvalue weighted by molar-refractivity contribution is 0.0985. The molecular weight excluding hydrogens is 470 g/mol. The van der Waals surface area contributed by atoms with Gasteiger partial charge in [0.05, 0.1) is 11.8 Å². The van der Waals surface area contributed by atoms with Crippen LogP contribution in [0.5, 0.6) is 17.2 Å². The van der Waals surface area contributed by atoms with Gasteiger partial charge in [0.25, 0.3) is 5.91 Å². The maximum Gasteiger partial charge on any atom is 0.260 e. The van der Waals surface area contributed by atoms with Crippen LogP contribution in [0.25, 0.3) is 10.2 Å². The van der Waals surface area contributed by atoms with Gasteiger partial charge in [-0.25, -0.2) is 4.98 Å². The van der Waals surface area contributed by atoms with E-state index in [0.29, 0.717) is 35.3 Å². The molecule has 0 fully saturated rings. The molecule has 0 atom stereocenters. The molecule has 0 spiro atoms. The van der Waals surface area contributed by atoms with Gasteiger partial charge < -0.3 is 14.4 Å². The van der Waals surface area contributed by atoms with E-state index in [1.165, 1.54) is 11.3 Å². The van der Waals surface area contributed by atoms with Crippen LogP contribution in [0.2, 0.25) is 0 Å².